The summed E-state index contributed by atoms with van der Waals surface area (Å²) in [6, 6.07) is 14.6. The Hall–Kier alpha value is -3.18. The molecule has 0 aliphatic carbocycles. The van der Waals surface area contributed by atoms with Crippen molar-refractivity contribution >= 4 is 28.3 Å². The molecule has 2 aromatic carbocycles. The molecule has 0 spiro atoms. The second-order valence-corrected chi connectivity index (χ2v) is 8.43. The van der Waals surface area contributed by atoms with Gasteiger partial charge in [0.25, 0.3) is 0 Å². The molecular weight excluding hydrogens is 439 g/mol. The van der Waals surface area contributed by atoms with Crippen LogP contribution in [0.15, 0.2) is 54.7 Å². The van der Waals surface area contributed by atoms with Crippen molar-refractivity contribution in [3.05, 3.63) is 82.4 Å². The fourth-order valence-corrected chi connectivity index (χ4v) is 4.42. The van der Waals surface area contributed by atoms with Gasteiger partial charge in [-0.25, -0.2) is 9.37 Å². The molecule has 0 atom stereocenters. The summed E-state index contributed by atoms with van der Waals surface area (Å²) >= 11 is 6.32. The molecule has 33 heavy (non-hydrogen) atoms. The van der Waals surface area contributed by atoms with Gasteiger partial charge in [0.2, 0.25) is 5.88 Å². The predicted octanol–water partition coefficient (Wildman–Crippen LogP) is 7.10. The number of carbonyl (C=O) groups excluding carboxylic acids is 1. The largest absolute Gasteiger partial charge is 0.481 e. The van der Waals surface area contributed by atoms with E-state index in [-0.39, 0.29) is 18.1 Å². The highest BCUT2D eigenvalue weighted by molar-refractivity contribution is 6.31. The van der Waals surface area contributed by atoms with E-state index in [0.717, 1.165) is 28.5 Å². The maximum atomic E-state index is 14.6. The molecule has 0 aliphatic heterocycles. The summed E-state index contributed by atoms with van der Waals surface area (Å²) in [7, 11) is 1.54. The first-order valence-corrected chi connectivity index (χ1v) is 11.5. The van der Waals surface area contributed by atoms with Crippen LogP contribution in [0.2, 0.25) is 5.02 Å². The lowest BCUT2D eigenvalue weighted by Crippen LogP contribution is -2.12. The van der Waals surface area contributed by atoms with Gasteiger partial charge in [0.1, 0.15) is 5.82 Å². The summed E-state index contributed by atoms with van der Waals surface area (Å²) in [4.78, 5) is 17.9. The van der Waals surface area contributed by atoms with Crippen LogP contribution in [0.1, 0.15) is 48.3 Å². The number of ketones is 1. The first kappa shape index (κ1) is 23.0. The van der Waals surface area contributed by atoms with Crippen LogP contribution in [0.4, 0.5) is 4.39 Å². The van der Waals surface area contributed by atoms with Gasteiger partial charge in [-0.15, -0.1) is 0 Å². The highest BCUT2D eigenvalue weighted by Gasteiger charge is 2.26. The van der Waals surface area contributed by atoms with Gasteiger partial charge in [-0.05, 0) is 42.7 Å². The van der Waals surface area contributed by atoms with Gasteiger partial charge in [0.15, 0.2) is 5.78 Å². The SMILES string of the molecule is CCCC(=O)c1c(-c2cc(Cl)cnc2OC)c2cc(CC)ccc2n1Cc1ccccc1F. The van der Waals surface area contributed by atoms with Crippen LogP contribution in [0.25, 0.3) is 22.0 Å². The van der Waals surface area contributed by atoms with E-state index in [0.29, 0.717) is 40.6 Å². The van der Waals surface area contributed by atoms with Crippen molar-refractivity contribution in [2.24, 2.45) is 0 Å². The van der Waals surface area contributed by atoms with Crippen molar-refractivity contribution in [2.75, 3.05) is 7.11 Å². The van der Waals surface area contributed by atoms with Gasteiger partial charge in [-0.3, -0.25) is 4.79 Å². The van der Waals surface area contributed by atoms with E-state index >= 15 is 0 Å². The molecule has 0 radical (unpaired) electrons. The highest BCUT2D eigenvalue weighted by atomic mass is 35.5. The zero-order valence-electron chi connectivity index (χ0n) is 19.0. The second-order valence-electron chi connectivity index (χ2n) is 7.99. The lowest BCUT2D eigenvalue weighted by atomic mass is 9.98. The summed E-state index contributed by atoms with van der Waals surface area (Å²) in [6.07, 6.45) is 3.44. The first-order chi connectivity index (χ1) is 16.0. The third-order valence-electron chi connectivity index (χ3n) is 5.84. The average molecular weight is 465 g/mol. The average Bonchev–Trinajstić information content (AvgIpc) is 3.13. The number of pyridine rings is 1. The smallest absolute Gasteiger partial charge is 0.221 e. The Morgan fingerprint density at radius 3 is 2.64 bits per heavy atom. The number of aryl methyl sites for hydroxylation is 1. The van der Waals surface area contributed by atoms with Crippen molar-refractivity contribution in [3.63, 3.8) is 0 Å². The molecule has 2 heterocycles. The standard InChI is InChI=1S/C27H26ClFN2O2/c1-4-8-24(32)26-25(21-14-19(28)15-30-27(21)33-3)20-13-17(5-2)11-12-23(20)31(26)16-18-9-6-7-10-22(18)29/h6-7,9-15H,4-5,8,16H2,1-3H3. The van der Waals surface area contributed by atoms with E-state index in [2.05, 4.69) is 18.0 Å². The molecule has 4 rings (SSSR count). The van der Waals surface area contributed by atoms with Crippen LogP contribution in [0, 0.1) is 5.82 Å². The van der Waals surface area contributed by atoms with Crippen LogP contribution in [0.3, 0.4) is 0 Å². The van der Waals surface area contributed by atoms with Crippen molar-refractivity contribution in [1.29, 1.82) is 0 Å². The summed E-state index contributed by atoms with van der Waals surface area (Å²) < 4.78 is 22.1. The maximum absolute atomic E-state index is 14.6. The Morgan fingerprint density at radius 1 is 1.15 bits per heavy atom. The van der Waals surface area contributed by atoms with Crippen LogP contribution in [-0.2, 0) is 13.0 Å². The molecule has 170 valence electrons. The minimum atomic E-state index is -0.304. The van der Waals surface area contributed by atoms with Gasteiger partial charge in [0.05, 0.1) is 24.4 Å². The molecule has 4 aromatic rings. The Morgan fingerprint density at radius 2 is 1.94 bits per heavy atom. The number of rotatable bonds is 8. The van der Waals surface area contributed by atoms with Crippen molar-refractivity contribution in [1.82, 2.24) is 9.55 Å². The van der Waals surface area contributed by atoms with E-state index in [1.165, 1.54) is 12.3 Å². The maximum Gasteiger partial charge on any atom is 0.221 e. The molecule has 0 amide bonds. The molecule has 0 bridgehead atoms. The summed E-state index contributed by atoms with van der Waals surface area (Å²) in [6.45, 7) is 4.29. The number of hydrogen-bond acceptors (Lipinski definition) is 3. The zero-order valence-corrected chi connectivity index (χ0v) is 19.7. The number of hydrogen-bond donors (Lipinski definition) is 0. The van der Waals surface area contributed by atoms with Crippen LogP contribution in [0.5, 0.6) is 5.88 Å². The van der Waals surface area contributed by atoms with Crippen molar-refractivity contribution < 1.29 is 13.9 Å². The first-order valence-electron chi connectivity index (χ1n) is 11.1. The van der Waals surface area contributed by atoms with Crippen molar-refractivity contribution in [2.45, 2.75) is 39.7 Å². The summed E-state index contributed by atoms with van der Waals surface area (Å²) in [5, 5.41) is 1.34. The van der Waals surface area contributed by atoms with E-state index in [4.69, 9.17) is 16.3 Å². The minimum absolute atomic E-state index is 0.0138. The Labute approximate surface area is 198 Å². The molecule has 0 fully saturated rings. The van der Waals surface area contributed by atoms with Gasteiger partial charge in [-0.2, -0.15) is 0 Å². The van der Waals surface area contributed by atoms with Crippen LogP contribution < -0.4 is 4.74 Å². The summed E-state index contributed by atoms with van der Waals surface area (Å²) in [5.41, 5.74) is 4.40. The Kier molecular flexibility index (Phi) is 6.80. The van der Waals surface area contributed by atoms with Gasteiger partial charge in [0, 0.05) is 40.2 Å². The van der Waals surface area contributed by atoms with Crippen molar-refractivity contribution in [3.8, 4) is 17.0 Å². The third-order valence-corrected chi connectivity index (χ3v) is 6.05. The second kappa shape index (κ2) is 9.75. The predicted molar refractivity (Wildman–Crippen MR) is 131 cm³/mol. The highest BCUT2D eigenvalue weighted by Crippen LogP contribution is 2.41. The van der Waals surface area contributed by atoms with Gasteiger partial charge >= 0.3 is 0 Å². The summed E-state index contributed by atoms with van der Waals surface area (Å²) in [5.74, 6) is 0.0684. The topological polar surface area (TPSA) is 44.1 Å². The van der Waals surface area contributed by atoms with E-state index in [1.807, 2.05) is 23.6 Å². The minimum Gasteiger partial charge on any atom is -0.481 e. The van der Waals surface area contributed by atoms with Crippen LogP contribution >= 0.6 is 11.6 Å². The van der Waals surface area contributed by atoms with Crippen LogP contribution in [-0.4, -0.2) is 22.4 Å². The quantitative estimate of drug-likeness (QED) is 0.261. The molecular formula is C27H26ClFN2O2. The number of Topliss-reactive ketones (excluding diaryl/α,β-unsaturated/α-hetero) is 1. The lowest BCUT2D eigenvalue weighted by molar-refractivity contribution is 0.0974. The normalized spacial score (nSPS) is 11.2. The number of methoxy groups -OCH3 is 1. The molecule has 0 aliphatic rings. The van der Waals surface area contributed by atoms with Gasteiger partial charge < -0.3 is 9.30 Å². The number of carbonyl (C=O) groups is 1. The molecule has 0 saturated carbocycles. The molecule has 0 N–H and O–H groups in total. The Bertz CT molecular complexity index is 1330. The lowest BCUT2D eigenvalue weighted by Gasteiger charge is -2.13. The molecule has 6 heteroatoms. The molecule has 0 unspecified atom stereocenters. The number of ether oxygens (including phenoxy) is 1. The molecule has 4 nitrogen and oxygen atoms in total. The molecule has 0 saturated heterocycles. The van der Waals surface area contributed by atoms with Gasteiger partial charge in [-0.1, -0.05) is 49.7 Å². The Balaban J connectivity index is 2.11. The molecule has 2 aromatic heterocycles. The fourth-order valence-electron chi connectivity index (χ4n) is 4.26. The number of nitrogens with zero attached hydrogens (tertiary/aromatic N) is 2. The van der Waals surface area contributed by atoms with E-state index < -0.39 is 0 Å². The number of aromatic nitrogens is 2. The van der Waals surface area contributed by atoms with E-state index in [9.17, 15) is 9.18 Å². The van der Waals surface area contributed by atoms with E-state index in [1.54, 1.807) is 31.4 Å². The number of halogens is 2. The fraction of sp³-hybridized carbons (Fsp3) is 0.259. The number of benzene rings is 2. The number of fused-ring (bicyclic) bond motifs is 1. The zero-order chi connectivity index (χ0) is 23.5. The third kappa shape index (κ3) is 4.38. The monoisotopic (exact) mass is 464 g/mol.